The lowest BCUT2D eigenvalue weighted by molar-refractivity contribution is 0.128. The van der Waals surface area contributed by atoms with Crippen molar-refractivity contribution in [1.82, 2.24) is 0 Å². The molecule has 0 aromatic rings. The van der Waals surface area contributed by atoms with Crippen molar-refractivity contribution in [1.29, 1.82) is 0 Å². The van der Waals surface area contributed by atoms with Gasteiger partial charge < -0.3 is 21.3 Å². The highest BCUT2D eigenvalue weighted by Gasteiger charge is 2.14. The Bertz CT molecular complexity index is 150. The van der Waals surface area contributed by atoms with E-state index in [1.54, 1.807) is 0 Å². The van der Waals surface area contributed by atoms with Crippen LogP contribution in [0.1, 0.15) is 13.3 Å². The molecule has 0 bridgehead atoms. The summed E-state index contributed by atoms with van der Waals surface area (Å²) in [4.78, 5) is 0. The molecule has 1 heterocycles. The van der Waals surface area contributed by atoms with Crippen LogP contribution in [0.3, 0.4) is 0 Å². The van der Waals surface area contributed by atoms with Crippen LogP contribution in [-0.4, -0.2) is 12.7 Å². The zero-order valence-corrected chi connectivity index (χ0v) is 7.60. The van der Waals surface area contributed by atoms with Crippen molar-refractivity contribution in [3.05, 3.63) is 0 Å². The van der Waals surface area contributed by atoms with Crippen molar-refractivity contribution < 1.29 is 9.05 Å². The molecule has 1 rings (SSSR count). The molecule has 2 atom stereocenters. The van der Waals surface area contributed by atoms with Crippen molar-refractivity contribution in [2.24, 2.45) is 0 Å². The molecule has 5 heteroatoms. The predicted octanol–water partition coefficient (Wildman–Crippen LogP) is 1.58. The van der Waals surface area contributed by atoms with Gasteiger partial charge in [-0.05, 0) is 13.3 Å². The molecule has 2 unspecified atom stereocenters. The van der Waals surface area contributed by atoms with Crippen LogP contribution >= 0.6 is 5.69 Å². The van der Waals surface area contributed by atoms with Crippen LogP contribution in [0.15, 0.2) is 0 Å². The van der Waals surface area contributed by atoms with Crippen LogP contribution < -0.4 is 0 Å². The largest absolute Gasteiger partial charge is 0.691 e. The van der Waals surface area contributed by atoms with Crippen molar-refractivity contribution in [2.75, 3.05) is 6.61 Å². The minimum Gasteiger partial charge on any atom is -0.691 e. The summed E-state index contributed by atoms with van der Waals surface area (Å²) in [6.45, 7) is 2.64. The van der Waals surface area contributed by atoms with E-state index in [9.17, 15) is 0 Å². The maximum Gasteiger partial charge on any atom is 0.0625 e. The molecule has 0 radical (unpaired) electrons. The fourth-order valence-corrected chi connectivity index (χ4v) is 2.90. The predicted molar refractivity (Wildman–Crippen MR) is 42.8 cm³/mol. The second-order valence-corrected chi connectivity index (χ2v) is 6.93. The Morgan fingerprint density at radius 2 is 2.44 bits per heavy atom. The second kappa shape index (κ2) is 2.89. The molecule has 0 amide bonds. The molecule has 0 N–H and O–H groups in total. The SMILES string of the molecule is CC1CCOP(=S)([S-])O1. The first-order valence-corrected chi connectivity index (χ1v) is 6.39. The lowest BCUT2D eigenvalue weighted by Gasteiger charge is -2.35. The summed E-state index contributed by atoms with van der Waals surface area (Å²) in [6.07, 6.45) is 1.11. The van der Waals surface area contributed by atoms with Crippen LogP contribution in [0.2, 0.25) is 0 Å². The topological polar surface area (TPSA) is 18.5 Å². The highest BCUT2D eigenvalue weighted by atomic mass is 32.9. The van der Waals surface area contributed by atoms with Crippen LogP contribution in [0, 0.1) is 0 Å². The Hall–Kier alpha value is 0.920. The molecule has 0 aromatic carbocycles. The minimum atomic E-state index is -2.23. The first-order chi connectivity index (χ1) is 4.10. The first-order valence-electron chi connectivity index (χ1n) is 2.74. The van der Waals surface area contributed by atoms with Gasteiger partial charge >= 0.3 is 0 Å². The first kappa shape index (κ1) is 8.02. The lowest BCUT2D eigenvalue weighted by Crippen LogP contribution is -2.15. The average Bonchev–Trinajstić information content (AvgIpc) is 1.60. The number of hydrogen-bond donors (Lipinski definition) is 0. The molecule has 1 fully saturated rings. The van der Waals surface area contributed by atoms with Gasteiger partial charge in [-0.3, -0.25) is 0 Å². The van der Waals surface area contributed by atoms with Crippen LogP contribution in [0.4, 0.5) is 0 Å². The summed E-state index contributed by atoms with van der Waals surface area (Å²) >= 11 is 9.71. The monoisotopic (exact) mass is 183 g/mol. The molecule has 2 nitrogen and oxygen atoms in total. The van der Waals surface area contributed by atoms with E-state index in [2.05, 4.69) is 0 Å². The van der Waals surface area contributed by atoms with E-state index in [1.807, 2.05) is 6.92 Å². The fourth-order valence-electron chi connectivity index (χ4n) is 0.634. The Morgan fingerprint density at radius 1 is 1.78 bits per heavy atom. The van der Waals surface area contributed by atoms with Gasteiger partial charge in [0.15, 0.2) is 0 Å². The van der Waals surface area contributed by atoms with E-state index in [0.717, 1.165) is 6.42 Å². The van der Waals surface area contributed by atoms with Crippen molar-refractivity contribution in [2.45, 2.75) is 19.4 Å². The highest BCUT2D eigenvalue weighted by Crippen LogP contribution is 2.50. The average molecular weight is 183 g/mol. The quantitative estimate of drug-likeness (QED) is 0.419. The fraction of sp³-hybridized carbons (Fsp3) is 1.00. The molecule has 1 aliphatic rings. The molecule has 1 saturated heterocycles. The van der Waals surface area contributed by atoms with Crippen LogP contribution in [0.5, 0.6) is 0 Å². The van der Waals surface area contributed by atoms with E-state index in [4.69, 9.17) is 33.1 Å². The summed E-state index contributed by atoms with van der Waals surface area (Å²) in [6, 6.07) is 0. The molecule has 0 aromatic heterocycles. The minimum absolute atomic E-state index is 0.196. The maximum absolute atomic E-state index is 5.19. The van der Waals surface area contributed by atoms with E-state index in [-0.39, 0.29) is 6.10 Å². The maximum atomic E-state index is 5.19. The van der Waals surface area contributed by atoms with E-state index < -0.39 is 5.69 Å². The Morgan fingerprint density at radius 3 is 2.78 bits per heavy atom. The molecule has 0 saturated carbocycles. The Balaban J connectivity index is 2.51. The van der Waals surface area contributed by atoms with E-state index in [0.29, 0.717) is 6.61 Å². The second-order valence-electron chi connectivity index (χ2n) is 1.99. The van der Waals surface area contributed by atoms with Crippen LogP contribution in [0.25, 0.3) is 0 Å². The smallest absolute Gasteiger partial charge is 0.0625 e. The molecule has 54 valence electrons. The summed E-state index contributed by atoms with van der Waals surface area (Å²) in [5.41, 5.74) is -2.23. The summed E-state index contributed by atoms with van der Waals surface area (Å²) in [5, 5.41) is 0. The van der Waals surface area contributed by atoms with Crippen molar-refractivity contribution >= 4 is 29.7 Å². The zero-order valence-electron chi connectivity index (χ0n) is 5.07. The van der Waals surface area contributed by atoms with Gasteiger partial charge in [0, 0.05) is 0 Å². The van der Waals surface area contributed by atoms with Gasteiger partial charge in [0.05, 0.1) is 18.4 Å². The highest BCUT2D eigenvalue weighted by molar-refractivity contribution is 8.51. The van der Waals surface area contributed by atoms with Crippen molar-refractivity contribution in [3.8, 4) is 0 Å². The molecule has 9 heavy (non-hydrogen) atoms. The zero-order chi connectivity index (χ0) is 6.91. The van der Waals surface area contributed by atoms with Gasteiger partial charge in [0.1, 0.15) is 0 Å². The van der Waals surface area contributed by atoms with Gasteiger partial charge in [0.25, 0.3) is 0 Å². The van der Waals surface area contributed by atoms with Gasteiger partial charge in [-0.2, -0.15) is 0 Å². The summed E-state index contributed by atoms with van der Waals surface area (Å²) in [5.74, 6) is 0. The summed E-state index contributed by atoms with van der Waals surface area (Å²) < 4.78 is 10.2. The van der Waals surface area contributed by atoms with Crippen LogP contribution in [-0.2, 0) is 33.1 Å². The molecular formula is C4H8O2PS2-. The third-order valence-electron chi connectivity index (χ3n) is 1.08. The normalized spacial score (nSPS) is 44.9. The molecule has 0 spiro atoms. The Labute approximate surface area is 65.3 Å². The van der Waals surface area contributed by atoms with Gasteiger partial charge in [-0.1, -0.05) is 11.8 Å². The third kappa shape index (κ3) is 2.56. The van der Waals surface area contributed by atoms with E-state index >= 15 is 0 Å². The molecule has 1 aliphatic heterocycles. The lowest BCUT2D eigenvalue weighted by atomic mass is 10.3. The molecular weight excluding hydrogens is 175 g/mol. The van der Waals surface area contributed by atoms with Gasteiger partial charge in [-0.25, -0.2) is 0 Å². The standard InChI is InChI=1S/C4H9O2PS2/c1-4-2-3-5-7(8,9)6-4/h4H,2-3H2,1H3,(H,8,9)/p-1. The van der Waals surface area contributed by atoms with E-state index in [1.165, 1.54) is 0 Å². The third-order valence-corrected chi connectivity index (χ3v) is 3.35. The summed E-state index contributed by atoms with van der Waals surface area (Å²) in [7, 11) is 0. The van der Waals surface area contributed by atoms with Crippen molar-refractivity contribution in [3.63, 3.8) is 0 Å². The van der Waals surface area contributed by atoms with Gasteiger partial charge in [0.2, 0.25) is 0 Å². The Kier molecular flexibility index (Phi) is 2.57. The number of rotatable bonds is 0. The number of hydrogen-bond acceptors (Lipinski definition) is 4. The molecule has 0 aliphatic carbocycles. The van der Waals surface area contributed by atoms with Gasteiger partial charge in [-0.15, -0.1) is 0 Å².